The zero-order valence-electron chi connectivity index (χ0n) is 10.5. The number of rotatable bonds is 5. The fraction of sp³-hybridized carbons (Fsp3) is 0.929. The molecule has 0 aromatic carbocycles. The molecule has 0 amide bonds. The summed E-state index contributed by atoms with van der Waals surface area (Å²) in [7, 11) is 0. The molecule has 3 aliphatic carbocycles. The molecule has 0 spiro atoms. The Balaban J connectivity index is 1.58. The van der Waals surface area contributed by atoms with E-state index in [9.17, 15) is 4.79 Å². The number of aliphatic carboxylic acids is 1. The molecular formula is C14H23NO2. The van der Waals surface area contributed by atoms with Crippen LogP contribution in [0, 0.1) is 17.8 Å². The van der Waals surface area contributed by atoms with E-state index in [1.54, 1.807) is 0 Å². The topological polar surface area (TPSA) is 40.5 Å². The molecule has 0 saturated heterocycles. The number of nitrogens with zero attached hydrogens (tertiary/aromatic N) is 1. The van der Waals surface area contributed by atoms with Crippen LogP contribution >= 0.6 is 0 Å². The Hall–Kier alpha value is -0.570. The summed E-state index contributed by atoms with van der Waals surface area (Å²) in [6.45, 7) is 1.32. The number of hydrogen-bond donors (Lipinski definition) is 1. The predicted octanol–water partition coefficient (Wildman–Crippen LogP) is 2.36. The molecule has 3 aliphatic rings. The Morgan fingerprint density at radius 1 is 1.06 bits per heavy atom. The first-order chi connectivity index (χ1) is 8.25. The van der Waals surface area contributed by atoms with Crippen LogP contribution in [0.25, 0.3) is 0 Å². The standard InChI is InChI=1S/C14H23NO2/c16-13(17)9-15(8-10-4-1-2-5-10)14-11-6-3-7-12(11)14/h10-12,14H,1-9H2,(H,16,17)/t11-,12?,14?/m1/s1. The van der Waals surface area contributed by atoms with Gasteiger partial charge in [0, 0.05) is 12.6 Å². The van der Waals surface area contributed by atoms with E-state index < -0.39 is 5.97 Å². The van der Waals surface area contributed by atoms with Gasteiger partial charge in [-0.25, -0.2) is 0 Å². The van der Waals surface area contributed by atoms with E-state index in [1.165, 1.54) is 44.9 Å². The van der Waals surface area contributed by atoms with Gasteiger partial charge in [0.2, 0.25) is 0 Å². The fourth-order valence-corrected chi connectivity index (χ4v) is 4.32. The molecule has 2 unspecified atom stereocenters. The summed E-state index contributed by atoms with van der Waals surface area (Å²) in [5.74, 6) is 1.81. The van der Waals surface area contributed by atoms with E-state index >= 15 is 0 Å². The van der Waals surface area contributed by atoms with Gasteiger partial charge in [-0.2, -0.15) is 0 Å². The second-order valence-corrected chi connectivity index (χ2v) is 6.22. The average molecular weight is 237 g/mol. The van der Waals surface area contributed by atoms with E-state index in [2.05, 4.69) is 4.90 Å². The molecule has 0 aromatic heterocycles. The van der Waals surface area contributed by atoms with Crippen molar-refractivity contribution in [2.45, 2.75) is 51.0 Å². The summed E-state index contributed by atoms with van der Waals surface area (Å²) in [6, 6.07) is 0.625. The van der Waals surface area contributed by atoms with Crippen LogP contribution in [0.5, 0.6) is 0 Å². The summed E-state index contributed by atoms with van der Waals surface area (Å²) in [5, 5.41) is 9.06. The van der Waals surface area contributed by atoms with Gasteiger partial charge in [-0.15, -0.1) is 0 Å². The van der Waals surface area contributed by atoms with Crippen LogP contribution < -0.4 is 0 Å². The number of carboxylic acid groups (broad SMARTS) is 1. The maximum atomic E-state index is 11.0. The molecule has 3 nitrogen and oxygen atoms in total. The van der Waals surface area contributed by atoms with Crippen molar-refractivity contribution < 1.29 is 9.90 Å². The van der Waals surface area contributed by atoms with Crippen LogP contribution in [-0.2, 0) is 4.79 Å². The SMILES string of the molecule is O=C(O)CN(CC1CCCC1)C1C2CCC[C@H]21. The van der Waals surface area contributed by atoms with Gasteiger partial charge in [-0.05, 0) is 43.4 Å². The largest absolute Gasteiger partial charge is 0.480 e. The highest BCUT2D eigenvalue weighted by atomic mass is 16.4. The maximum absolute atomic E-state index is 11.0. The van der Waals surface area contributed by atoms with E-state index in [0.29, 0.717) is 6.04 Å². The lowest BCUT2D eigenvalue weighted by Gasteiger charge is -2.25. The molecular weight excluding hydrogens is 214 g/mol. The van der Waals surface area contributed by atoms with Gasteiger partial charge < -0.3 is 5.11 Å². The van der Waals surface area contributed by atoms with Gasteiger partial charge in [0.25, 0.3) is 0 Å². The highest BCUT2D eigenvalue weighted by Gasteiger charge is 2.55. The Labute approximate surface area is 103 Å². The molecule has 1 N–H and O–H groups in total. The lowest BCUT2D eigenvalue weighted by molar-refractivity contribution is -0.138. The van der Waals surface area contributed by atoms with Crippen molar-refractivity contribution >= 4 is 5.97 Å². The minimum absolute atomic E-state index is 0.272. The van der Waals surface area contributed by atoms with Crippen LogP contribution in [0.3, 0.4) is 0 Å². The summed E-state index contributed by atoms with van der Waals surface area (Å²) < 4.78 is 0. The van der Waals surface area contributed by atoms with Crippen molar-refractivity contribution in [1.29, 1.82) is 0 Å². The summed E-state index contributed by atoms with van der Waals surface area (Å²) in [5.41, 5.74) is 0. The van der Waals surface area contributed by atoms with E-state index in [1.807, 2.05) is 0 Å². The zero-order valence-corrected chi connectivity index (χ0v) is 10.5. The minimum atomic E-state index is -0.645. The van der Waals surface area contributed by atoms with Gasteiger partial charge in [0.15, 0.2) is 0 Å². The van der Waals surface area contributed by atoms with Gasteiger partial charge in [-0.3, -0.25) is 9.69 Å². The third kappa shape index (κ3) is 2.35. The van der Waals surface area contributed by atoms with Gasteiger partial charge in [-0.1, -0.05) is 19.3 Å². The van der Waals surface area contributed by atoms with Crippen molar-refractivity contribution in [3.05, 3.63) is 0 Å². The number of hydrogen-bond acceptors (Lipinski definition) is 2. The molecule has 3 rings (SSSR count). The van der Waals surface area contributed by atoms with Crippen molar-refractivity contribution in [2.75, 3.05) is 13.1 Å². The normalized spacial score (nSPS) is 36.4. The molecule has 3 heteroatoms. The monoisotopic (exact) mass is 237 g/mol. The smallest absolute Gasteiger partial charge is 0.317 e. The van der Waals surface area contributed by atoms with Crippen LogP contribution in [0.15, 0.2) is 0 Å². The minimum Gasteiger partial charge on any atom is -0.480 e. The molecule has 96 valence electrons. The van der Waals surface area contributed by atoms with Gasteiger partial charge >= 0.3 is 5.97 Å². The second-order valence-electron chi connectivity index (χ2n) is 6.22. The molecule has 0 bridgehead atoms. The Morgan fingerprint density at radius 2 is 1.71 bits per heavy atom. The fourth-order valence-electron chi connectivity index (χ4n) is 4.32. The lowest BCUT2D eigenvalue weighted by Crippen LogP contribution is -2.37. The van der Waals surface area contributed by atoms with Gasteiger partial charge in [0.05, 0.1) is 6.54 Å². The molecule has 3 saturated carbocycles. The van der Waals surface area contributed by atoms with Crippen LogP contribution in [0.4, 0.5) is 0 Å². The zero-order chi connectivity index (χ0) is 11.8. The lowest BCUT2D eigenvalue weighted by atomic mass is 10.1. The Bertz CT molecular complexity index is 289. The second kappa shape index (κ2) is 4.60. The third-order valence-corrected chi connectivity index (χ3v) is 5.09. The molecule has 3 fully saturated rings. The first-order valence-corrected chi connectivity index (χ1v) is 7.21. The number of carboxylic acids is 1. The highest BCUT2D eigenvalue weighted by molar-refractivity contribution is 5.69. The van der Waals surface area contributed by atoms with E-state index in [4.69, 9.17) is 5.11 Å². The number of carbonyl (C=O) groups is 1. The first-order valence-electron chi connectivity index (χ1n) is 7.21. The number of fused-ring (bicyclic) bond motifs is 1. The molecule has 0 aromatic rings. The first kappa shape index (κ1) is 11.5. The van der Waals surface area contributed by atoms with Crippen molar-refractivity contribution in [3.63, 3.8) is 0 Å². The van der Waals surface area contributed by atoms with Crippen molar-refractivity contribution in [1.82, 2.24) is 4.90 Å². The van der Waals surface area contributed by atoms with Crippen molar-refractivity contribution in [3.8, 4) is 0 Å². The Morgan fingerprint density at radius 3 is 2.29 bits per heavy atom. The molecule has 0 aliphatic heterocycles. The van der Waals surface area contributed by atoms with E-state index in [-0.39, 0.29) is 6.54 Å². The molecule has 0 radical (unpaired) electrons. The summed E-state index contributed by atoms with van der Waals surface area (Å²) >= 11 is 0. The summed E-state index contributed by atoms with van der Waals surface area (Å²) in [6.07, 6.45) is 9.39. The van der Waals surface area contributed by atoms with Gasteiger partial charge in [0.1, 0.15) is 0 Å². The molecule has 17 heavy (non-hydrogen) atoms. The van der Waals surface area contributed by atoms with Crippen LogP contribution in [0.2, 0.25) is 0 Å². The quantitative estimate of drug-likeness (QED) is 0.798. The average Bonchev–Trinajstić information content (AvgIpc) is 2.75. The summed E-state index contributed by atoms with van der Waals surface area (Å²) in [4.78, 5) is 13.3. The van der Waals surface area contributed by atoms with E-state index in [0.717, 1.165) is 24.3 Å². The highest BCUT2D eigenvalue weighted by Crippen LogP contribution is 2.55. The van der Waals surface area contributed by atoms with Crippen LogP contribution in [-0.4, -0.2) is 35.1 Å². The van der Waals surface area contributed by atoms with Crippen molar-refractivity contribution in [2.24, 2.45) is 17.8 Å². The molecule has 3 atom stereocenters. The maximum Gasteiger partial charge on any atom is 0.317 e. The Kier molecular flexibility index (Phi) is 3.12. The predicted molar refractivity (Wildman–Crippen MR) is 65.8 cm³/mol. The molecule has 0 heterocycles. The van der Waals surface area contributed by atoms with Crippen LogP contribution in [0.1, 0.15) is 44.9 Å². The third-order valence-electron chi connectivity index (χ3n) is 5.09.